The van der Waals surface area contributed by atoms with Crippen LogP contribution in [-0.2, 0) is 11.2 Å². The molecule has 1 saturated heterocycles. The predicted molar refractivity (Wildman–Crippen MR) is 124 cm³/mol. The van der Waals surface area contributed by atoms with Gasteiger partial charge in [-0.15, -0.1) is 0 Å². The fraction of sp³-hybridized carbons (Fsp3) is 0.520. The summed E-state index contributed by atoms with van der Waals surface area (Å²) >= 11 is 0. The minimum absolute atomic E-state index is 0.0462. The van der Waals surface area contributed by atoms with Crippen LogP contribution in [0.15, 0.2) is 42.6 Å². The number of pyridine rings is 1. The lowest BCUT2D eigenvalue weighted by Gasteiger charge is -2.25. The summed E-state index contributed by atoms with van der Waals surface area (Å²) in [7, 11) is 0. The number of anilines is 2. The van der Waals surface area contributed by atoms with Gasteiger partial charge in [-0.3, -0.25) is 9.69 Å². The number of hydrogen-bond acceptors (Lipinski definition) is 5. The molecule has 31 heavy (non-hydrogen) atoms. The first kappa shape index (κ1) is 21.8. The largest absolute Gasteiger partial charge is 0.387 e. The second-order valence-electron chi connectivity index (χ2n) is 8.78. The van der Waals surface area contributed by atoms with Crippen molar-refractivity contribution in [1.29, 1.82) is 0 Å². The molecule has 1 aromatic heterocycles. The highest BCUT2D eigenvalue weighted by Gasteiger charge is 2.28. The molecular weight excluding hydrogens is 388 g/mol. The first-order valence-corrected chi connectivity index (χ1v) is 11.6. The Morgan fingerprint density at radius 2 is 2.00 bits per heavy atom. The summed E-state index contributed by atoms with van der Waals surface area (Å²) in [5.74, 6) is 1.28. The first-order valence-electron chi connectivity index (χ1n) is 11.6. The van der Waals surface area contributed by atoms with E-state index >= 15 is 0 Å². The Bertz CT molecular complexity index is 888. The Balaban J connectivity index is 1.37. The van der Waals surface area contributed by atoms with Crippen LogP contribution in [0.5, 0.6) is 0 Å². The van der Waals surface area contributed by atoms with E-state index in [2.05, 4.69) is 33.8 Å². The second kappa shape index (κ2) is 9.79. The van der Waals surface area contributed by atoms with Crippen molar-refractivity contribution in [2.75, 3.05) is 49.1 Å². The van der Waals surface area contributed by atoms with Gasteiger partial charge in [0.2, 0.25) is 5.91 Å². The number of hydrogen-bond donors (Lipinski definition) is 1. The molecule has 0 aliphatic carbocycles. The average molecular weight is 423 g/mol. The molecule has 1 fully saturated rings. The van der Waals surface area contributed by atoms with E-state index in [1.807, 2.05) is 42.3 Å². The fourth-order valence-electron chi connectivity index (χ4n) is 4.57. The quantitative estimate of drug-likeness (QED) is 0.774. The maximum absolute atomic E-state index is 12.6. The summed E-state index contributed by atoms with van der Waals surface area (Å²) in [6, 6.07) is 12.1. The SMILES string of the molecule is CCC(C)C(=O)N1CCc2cc(C(O)CN3CCCN(c4ccccn4)CC3)ccc21. The normalized spacial score (nSPS) is 19.1. The van der Waals surface area contributed by atoms with Gasteiger partial charge in [-0.25, -0.2) is 4.98 Å². The number of fused-ring (bicyclic) bond motifs is 1. The summed E-state index contributed by atoms with van der Waals surface area (Å²) in [5, 5.41) is 10.9. The summed E-state index contributed by atoms with van der Waals surface area (Å²) in [6.07, 6.45) is 4.09. The van der Waals surface area contributed by atoms with Crippen LogP contribution in [0.2, 0.25) is 0 Å². The number of aliphatic hydroxyl groups excluding tert-OH is 1. The average Bonchev–Trinajstić information content (AvgIpc) is 3.09. The molecular formula is C25H34N4O2. The molecule has 2 aromatic rings. The van der Waals surface area contributed by atoms with Crippen LogP contribution < -0.4 is 9.80 Å². The summed E-state index contributed by atoms with van der Waals surface area (Å²) < 4.78 is 0. The van der Waals surface area contributed by atoms with Crippen molar-refractivity contribution in [1.82, 2.24) is 9.88 Å². The molecule has 2 atom stereocenters. The zero-order chi connectivity index (χ0) is 21.8. The summed E-state index contributed by atoms with van der Waals surface area (Å²) in [4.78, 5) is 23.7. The highest BCUT2D eigenvalue weighted by Crippen LogP contribution is 2.32. The molecule has 0 bridgehead atoms. The van der Waals surface area contributed by atoms with E-state index in [1.165, 1.54) is 5.56 Å². The molecule has 2 unspecified atom stereocenters. The minimum atomic E-state index is -0.522. The molecule has 6 nitrogen and oxygen atoms in total. The van der Waals surface area contributed by atoms with E-state index in [9.17, 15) is 9.90 Å². The number of carbonyl (C=O) groups is 1. The number of aliphatic hydroxyl groups is 1. The summed E-state index contributed by atoms with van der Waals surface area (Å²) in [5.41, 5.74) is 3.13. The fourth-order valence-corrected chi connectivity index (χ4v) is 4.57. The molecule has 1 N–H and O–H groups in total. The molecule has 1 amide bonds. The zero-order valence-corrected chi connectivity index (χ0v) is 18.7. The number of aromatic nitrogens is 1. The van der Waals surface area contributed by atoms with E-state index < -0.39 is 6.10 Å². The number of β-amino-alcohol motifs (C(OH)–C–C–N with tert-alkyl or cyclic N) is 1. The minimum Gasteiger partial charge on any atom is -0.387 e. The standard InChI is InChI=1S/C25H34N4O2/c1-3-19(2)25(31)29-14-10-20-17-21(8-9-22(20)29)23(30)18-27-12-6-13-28(16-15-27)24-7-4-5-11-26-24/h4-5,7-9,11,17,19,23,30H,3,6,10,12-16,18H2,1-2H3. The van der Waals surface area contributed by atoms with Crippen molar-refractivity contribution < 1.29 is 9.90 Å². The van der Waals surface area contributed by atoms with Gasteiger partial charge in [0, 0.05) is 57.1 Å². The van der Waals surface area contributed by atoms with Crippen molar-refractivity contribution >= 4 is 17.4 Å². The maximum atomic E-state index is 12.6. The van der Waals surface area contributed by atoms with Gasteiger partial charge in [-0.2, -0.15) is 0 Å². The van der Waals surface area contributed by atoms with Crippen LogP contribution in [0.3, 0.4) is 0 Å². The van der Waals surface area contributed by atoms with Crippen molar-refractivity contribution in [2.24, 2.45) is 5.92 Å². The molecule has 2 aliphatic rings. The molecule has 2 aliphatic heterocycles. The number of carbonyl (C=O) groups excluding carboxylic acids is 1. The van der Waals surface area contributed by atoms with Crippen LogP contribution in [0.25, 0.3) is 0 Å². The highest BCUT2D eigenvalue weighted by atomic mass is 16.3. The van der Waals surface area contributed by atoms with Crippen LogP contribution in [0.1, 0.15) is 43.9 Å². The Morgan fingerprint density at radius 1 is 1.13 bits per heavy atom. The molecule has 1 aromatic carbocycles. The van der Waals surface area contributed by atoms with Gasteiger partial charge in [0.05, 0.1) is 6.10 Å². The molecule has 0 saturated carbocycles. The van der Waals surface area contributed by atoms with Crippen LogP contribution in [0.4, 0.5) is 11.5 Å². The monoisotopic (exact) mass is 422 g/mol. The second-order valence-corrected chi connectivity index (χ2v) is 8.78. The lowest BCUT2D eigenvalue weighted by molar-refractivity contribution is -0.121. The van der Waals surface area contributed by atoms with Gasteiger partial charge in [0.1, 0.15) is 5.82 Å². The molecule has 0 spiro atoms. The van der Waals surface area contributed by atoms with Gasteiger partial charge >= 0.3 is 0 Å². The van der Waals surface area contributed by atoms with Gasteiger partial charge in [-0.05, 0) is 48.6 Å². The molecule has 4 rings (SSSR count). The van der Waals surface area contributed by atoms with Crippen molar-refractivity contribution in [2.45, 2.75) is 39.2 Å². The third kappa shape index (κ3) is 4.91. The van der Waals surface area contributed by atoms with Gasteiger partial charge in [-0.1, -0.05) is 32.0 Å². The van der Waals surface area contributed by atoms with E-state index in [0.717, 1.165) is 69.1 Å². The van der Waals surface area contributed by atoms with Gasteiger partial charge in [0.15, 0.2) is 0 Å². The van der Waals surface area contributed by atoms with Crippen molar-refractivity contribution in [3.05, 3.63) is 53.7 Å². The summed E-state index contributed by atoms with van der Waals surface area (Å²) in [6.45, 7) is 9.21. The molecule has 6 heteroatoms. The molecule has 3 heterocycles. The topological polar surface area (TPSA) is 59.9 Å². The number of amides is 1. The molecule has 0 radical (unpaired) electrons. The number of nitrogens with zero attached hydrogens (tertiary/aromatic N) is 4. The van der Waals surface area contributed by atoms with E-state index in [-0.39, 0.29) is 11.8 Å². The lowest BCUT2D eigenvalue weighted by Crippen LogP contribution is -2.34. The smallest absolute Gasteiger partial charge is 0.229 e. The van der Waals surface area contributed by atoms with E-state index in [4.69, 9.17) is 0 Å². The van der Waals surface area contributed by atoms with Crippen molar-refractivity contribution in [3.8, 4) is 0 Å². The van der Waals surface area contributed by atoms with Crippen molar-refractivity contribution in [3.63, 3.8) is 0 Å². The Kier molecular flexibility index (Phi) is 6.88. The van der Waals surface area contributed by atoms with Crippen LogP contribution in [-0.4, -0.2) is 60.2 Å². The van der Waals surface area contributed by atoms with Crippen LogP contribution in [0, 0.1) is 5.92 Å². The van der Waals surface area contributed by atoms with Gasteiger partial charge < -0.3 is 14.9 Å². The Morgan fingerprint density at radius 3 is 2.77 bits per heavy atom. The third-order valence-electron chi connectivity index (χ3n) is 6.68. The third-order valence-corrected chi connectivity index (χ3v) is 6.68. The molecule has 166 valence electrons. The Hall–Kier alpha value is -2.44. The number of rotatable bonds is 6. The van der Waals surface area contributed by atoms with E-state index in [1.54, 1.807) is 0 Å². The zero-order valence-electron chi connectivity index (χ0n) is 18.7. The lowest BCUT2D eigenvalue weighted by atomic mass is 10.0. The van der Waals surface area contributed by atoms with Crippen LogP contribution >= 0.6 is 0 Å². The van der Waals surface area contributed by atoms with Gasteiger partial charge in [0.25, 0.3) is 0 Å². The Labute approximate surface area is 185 Å². The van der Waals surface area contributed by atoms with E-state index in [0.29, 0.717) is 6.54 Å². The first-order chi connectivity index (χ1) is 15.1. The number of benzene rings is 1. The predicted octanol–water partition coefficient (Wildman–Crippen LogP) is 3.26. The highest BCUT2D eigenvalue weighted by molar-refractivity contribution is 5.96. The maximum Gasteiger partial charge on any atom is 0.229 e.